The number of anilines is 1. The first-order chi connectivity index (χ1) is 10.6. The summed E-state index contributed by atoms with van der Waals surface area (Å²) >= 11 is 6.16. The molecule has 2 fully saturated rings. The van der Waals surface area contributed by atoms with Gasteiger partial charge in [0.05, 0.1) is 16.6 Å². The van der Waals surface area contributed by atoms with Gasteiger partial charge in [-0.05, 0) is 25.0 Å². The van der Waals surface area contributed by atoms with Crippen LogP contribution in [0.5, 0.6) is 0 Å². The number of piperidine rings is 1. The number of halogens is 2. The lowest BCUT2D eigenvalue weighted by Crippen LogP contribution is -2.45. The maximum atomic E-state index is 12.6. The number of carbonyl (C=O) groups is 2. The third-order valence-electron chi connectivity index (χ3n) is 4.47. The van der Waals surface area contributed by atoms with E-state index >= 15 is 0 Å². The van der Waals surface area contributed by atoms with Crippen LogP contribution in [-0.2, 0) is 9.59 Å². The maximum absolute atomic E-state index is 12.6. The van der Waals surface area contributed by atoms with E-state index in [4.69, 9.17) is 17.3 Å². The fourth-order valence-electron chi connectivity index (χ4n) is 3.15. The Morgan fingerprint density at radius 2 is 1.87 bits per heavy atom. The van der Waals surface area contributed by atoms with Gasteiger partial charge >= 0.3 is 0 Å². The normalized spacial score (nSPS) is 22.2. The predicted molar refractivity (Wildman–Crippen MR) is 92.9 cm³/mol. The molecule has 1 unspecified atom stereocenters. The van der Waals surface area contributed by atoms with E-state index in [1.165, 1.54) is 0 Å². The van der Waals surface area contributed by atoms with Crippen molar-refractivity contribution in [3.63, 3.8) is 0 Å². The first-order valence-electron chi connectivity index (χ1n) is 7.65. The molecule has 0 aliphatic carbocycles. The minimum Gasteiger partial charge on any atom is -0.342 e. The molecule has 126 valence electrons. The van der Waals surface area contributed by atoms with Gasteiger partial charge in [0.1, 0.15) is 0 Å². The number of benzene rings is 1. The molecule has 2 saturated heterocycles. The first kappa shape index (κ1) is 18.0. The third kappa shape index (κ3) is 3.79. The van der Waals surface area contributed by atoms with Gasteiger partial charge in [-0.25, -0.2) is 0 Å². The lowest BCUT2D eigenvalue weighted by atomic mass is 10.0. The Labute approximate surface area is 147 Å². The number of rotatable bonds is 2. The number of para-hydroxylation sites is 1. The highest BCUT2D eigenvalue weighted by Gasteiger charge is 2.38. The Bertz CT molecular complexity index is 588. The fourth-order valence-corrected chi connectivity index (χ4v) is 3.39. The van der Waals surface area contributed by atoms with Crippen molar-refractivity contribution < 1.29 is 9.59 Å². The lowest BCUT2D eigenvalue weighted by Gasteiger charge is -2.31. The summed E-state index contributed by atoms with van der Waals surface area (Å²) < 4.78 is 0. The van der Waals surface area contributed by atoms with Gasteiger partial charge in [-0.1, -0.05) is 23.7 Å². The van der Waals surface area contributed by atoms with E-state index in [1.807, 2.05) is 23.1 Å². The van der Waals surface area contributed by atoms with Crippen molar-refractivity contribution in [3.8, 4) is 0 Å². The fraction of sp³-hybridized carbons (Fsp3) is 0.500. The Morgan fingerprint density at radius 3 is 2.52 bits per heavy atom. The molecule has 0 saturated carbocycles. The Hall–Kier alpha value is -1.30. The molecule has 2 aliphatic heterocycles. The lowest BCUT2D eigenvalue weighted by molar-refractivity contribution is -0.136. The molecule has 3 rings (SSSR count). The molecule has 2 aliphatic rings. The summed E-state index contributed by atoms with van der Waals surface area (Å²) in [5.41, 5.74) is 6.56. The molecule has 2 amide bonds. The van der Waals surface area contributed by atoms with Crippen LogP contribution in [0, 0.1) is 5.92 Å². The topological polar surface area (TPSA) is 66.6 Å². The summed E-state index contributed by atoms with van der Waals surface area (Å²) in [7, 11) is 0. The molecule has 0 bridgehead atoms. The van der Waals surface area contributed by atoms with Crippen molar-refractivity contribution in [2.45, 2.75) is 25.3 Å². The average Bonchev–Trinajstić information content (AvgIpc) is 2.90. The standard InChI is InChI=1S/C16H20ClN3O2.ClH/c17-13-3-1-2-4-14(13)20-10-11(9-15(20)21)16(22)19-7-5-12(18)6-8-19;/h1-4,11-12H,5-10,18H2;1H. The molecule has 2 N–H and O–H groups in total. The molecule has 0 aromatic heterocycles. The van der Waals surface area contributed by atoms with Crippen LogP contribution in [-0.4, -0.2) is 42.4 Å². The van der Waals surface area contributed by atoms with Crippen LogP contribution in [0.4, 0.5) is 5.69 Å². The summed E-state index contributed by atoms with van der Waals surface area (Å²) in [6, 6.07) is 7.42. The van der Waals surface area contributed by atoms with Crippen molar-refractivity contribution in [1.29, 1.82) is 0 Å². The minimum atomic E-state index is -0.280. The predicted octanol–water partition coefficient (Wildman–Crippen LogP) is 2.06. The van der Waals surface area contributed by atoms with Gasteiger partial charge in [-0.3, -0.25) is 9.59 Å². The second-order valence-electron chi connectivity index (χ2n) is 6.02. The smallest absolute Gasteiger partial charge is 0.228 e. The molecular formula is C16H21Cl2N3O2. The first-order valence-corrected chi connectivity index (χ1v) is 8.03. The molecule has 1 atom stereocenters. The van der Waals surface area contributed by atoms with Crippen molar-refractivity contribution in [2.24, 2.45) is 11.7 Å². The van der Waals surface area contributed by atoms with E-state index in [2.05, 4.69) is 0 Å². The van der Waals surface area contributed by atoms with Crippen molar-refractivity contribution in [1.82, 2.24) is 4.90 Å². The zero-order valence-corrected chi connectivity index (χ0v) is 14.4. The molecule has 0 spiro atoms. The van der Waals surface area contributed by atoms with Crippen LogP contribution in [0.2, 0.25) is 5.02 Å². The summed E-state index contributed by atoms with van der Waals surface area (Å²) in [6.07, 6.45) is 1.92. The number of hydrogen-bond acceptors (Lipinski definition) is 3. The summed E-state index contributed by atoms with van der Waals surface area (Å²) in [4.78, 5) is 28.3. The van der Waals surface area contributed by atoms with Gasteiger partial charge in [-0.15, -0.1) is 12.4 Å². The second kappa shape index (κ2) is 7.51. The van der Waals surface area contributed by atoms with E-state index in [1.54, 1.807) is 11.0 Å². The monoisotopic (exact) mass is 357 g/mol. The number of hydrogen-bond donors (Lipinski definition) is 1. The molecule has 7 heteroatoms. The van der Waals surface area contributed by atoms with E-state index in [9.17, 15) is 9.59 Å². The van der Waals surface area contributed by atoms with Crippen molar-refractivity contribution in [3.05, 3.63) is 29.3 Å². The largest absolute Gasteiger partial charge is 0.342 e. The molecule has 2 heterocycles. The van der Waals surface area contributed by atoms with Crippen molar-refractivity contribution in [2.75, 3.05) is 24.5 Å². The van der Waals surface area contributed by atoms with Crippen LogP contribution in [0.15, 0.2) is 24.3 Å². The Kier molecular flexibility index (Phi) is 5.89. The minimum absolute atomic E-state index is 0. The average molecular weight is 358 g/mol. The zero-order valence-electron chi connectivity index (χ0n) is 12.8. The van der Waals surface area contributed by atoms with Gasteiger partial charge < -0.3 is 15.5 Å². The Balaban J connectivity index is 0.00000192. The van der Waals surface area contributed by atoms with E-state index in [0.717, 1.165) is 12.8 Å². The highest BCUT2D eigenvalue weighted by molar-refractivity contribution is 6.33. The van der Waals surface area contributed by atoms with Crippen LogP contribution in [0.3, 0.4) is 0 Å². The zero-order chi connectivity index (χ0) is 15.7. The van der Waals surface area contributed by atoms with Gasteiger partial charge in [0.25, 0.3) is 0 Å². The summed E-state index contributed by atoms with van der Waals surface area (Å²) in [5, 5.41) is 0.535. The van der Waals surface area contributed by atoms with Crippen LogP contribution in [0.25, 0.3) is 0 Å². The number of nitrogens with zero attached hydrogens (tertiary/aromatic N) is 2. The molecule has 1 aromatic carbocycles. The maximum Gasteiger partial charge on any atom is 0.228 e. The van der Waals surface area contributed by atoms with Gasteiger partial charge in [0, 0.05) is 32.1 Å². The number of carbonyl (C=O) groups excluding carboxylic acids is 2. The number of nitrogens with two attached hydrogens (primary N) is 1. The third-order valence-corrected chi connectivity index (χ3v) is 4.79. The highest BCUT2D eigenvalue weighted by atomic mass is 35.5. The van der Waals surface area contributed by atoms with Crippen molar-refractivity contribution >= 4 is 41.5 Å². The summed E-state index contributed by atoms with van der Waals surface area (Å²) in [5.74, 6) is -0.256. The molecular weight excluding hydrogens is 337 g/mol. The SMILES string of the molecule is Cl.NC1CCN(C(=O)C2CC(=O)N(c3ccccc3Cl)C2)CC1. The van der Waals surface area contributed by atoms with Gasteiger partial charge in [0.15, 0.2) is 0 Å². The number of likely N-dealkylation sites (tertiary alicyclic amines) is 1. The van der Waals surface area contributed by atoms with E-state index in [-0.39, 0.29) is 42.6 Å². The van der Waals surface area contributed by atoms with Crippen LogP contribution in [0.1, 0.15) is 19.3 Å². The van der Waals surface area contributed by atoms with E-state index in [0.29, 0.717) is 30.3 Å². The van der Waals surface area contributed by atoms with Gasteiger partial charge in [-0.2, -0.15) is 0 Å². The quantitative estimate of drug-likeness (QED) is 0.880. The Morgan fingerprint density at radius 1 is 1.22 bits per heavy atom. The molecule has 5 nitrogen and oxygen atoms in total. The van der Waals surface area contributed by atoms with Crippen LogP contribution < -0.4 is 10.6 Å². The molecule has 0 radical (unpaired) electrons. The van der Waals surface area contributed by atoms with Crippen LogP contribution >= 0.6 is 24.0 Å². The highest BCUT2D eigenvalue weighted by Crippen LogP contribution is 2.31. The van der Waals surface area contributed by atoms with Gasteiger partial charge in [0.2, 0.25) is 11.8 Å². The van der Waals surface area contributed by atoms with E-state index < -0.39 is 0 Å². The number of amides is 2. The molecule has 23 heavy (non-hydrogen) atoms. The summed E-state index contributed by atoms with van der Waals surface area (Å²) in [6.45, 7) is 1.79. The molecule has 1 aromatic rings. The second-order valence-corrected chi connectivity index (χ2v) is 6.43.